The lowest BCUT2D eigenvalue weighted by atomic mass is 10.2. The monoisotopic (exact) mass is 363 g/mol. The predicted octanol–water partition coefficient (Wildman–Crippen LogP) is 5.39. The highest BCUT2D eigenvalue weighted by Crippen LogP contribution is 2.34. The third-order valence-corrected chi connectivity index (χ3v) is 4.63. The van der Waals surface area contributed by atoms with Crippen LogP contribution in [0.5, 0.6) is 5.75 Å². The van der Waals surface area contributed by atoms with Crippen LogP contribution in [0, 0.1) is 5.82 Å². The van der Waals surface area contributed by atoms with Gasteiger partial charge in [0.05, 0.1) is 12.8 Å². The molecule has 0 saturated carbocycles. The van der Waals surface area contributed by atoms with Crippen LogP contribution in [0.4, 0.5) is 4.39 Å². The molecule has 21 heavy (non-hydrogen) atoms. The summed E-state index contributed by atoms with van der Waals surface area (Å²) >= 11 is 5.05. The Hall–Kier alpha value is -1.72. The Balaban J connectivity index is 2.01. The zero-order valence-corrected chi connectivity index (χ0v) is 13.5. The lowest BCUT2D eigenvalue weighted by Gasteiger charge is -2.03. The maximum atomic E-state index is 13.5. The van der Waals surface area contributed by atoms with Crippen LogP contribution < -0.4 is 4.74 Å². The smallest absolute Gasteiger partial charge is 0.165 e. The van der Waals surface area contributed by atoms with Crippen LogP contribution in [0.3, 0.4) is 0 Å². The highest BCUT2D eigenvalue weighted by molar-refractivity contribution is 9.10. The third-order valence-electron chi connectivity index (χ3n) is 3.05. The minimum atomic E-state index is -0.371. The van der Waals surface area contributed by atoms with Crippen molar-refractivity contribution in [1.29, 1.82) is 0 Å². The summed E-state index contributed by atoms with van der Waals surface area (Å²) in [6.45, 7) is 0. The molecule has 0 bridgehead atoms. The summed E-state index contributed by atoms with van der Waals surface area (Å²) in [5, 5.41) is 2.82. The lowest BCUT2D eigenvalue weighted by Crippen LogP contribution is -1.88. The summed E-state index contributed by atoms with van der Waals surface area (Å²) in [5.41, 5.74) is 2.77. The van der Waals surface area contributed by atoms with Crippen LogP contribution in [0.2, 0.25) is 0 Å². The summed E-state index contributed by atoms with van der Waals surface area (Å²) in [6, 6.07) is 12.7. The van der Waals surface area contributed by atoms with Gasteiger partial charge < -0.3 is 4.74 Å². The van der Waals surface area contributed by atoms with Crippen LogP contribution in [0.1, 0.15) is 0 Å². The topological polar surface area (TPSA) is 22.1 Å². The molecule has 0 aliphatic rings. The second kappa shape index (κ2) is 5.95. The van der Waals surface area contributed by atoms with Gasteiger partial charge in [0.25, 0.3) is 0 Å². The molecule has 0 aliphatic carbocycles. The van der Waals surface area contributed by atoms with Gasteiger partial charge in [-0.25, -0.2) is 9.37 Å². The molecule has 0 radical (unpaired) electrons. The van der Waals surface area contributed by atoms with Gasteiger partial charge in [0, 0.05) is 21.0 Å². The molecule has 0 aliphatic heterocycles. The molecule has 2 nitrogen and oxygen atoms in total. The van der Waals surface area contributed by atoms with Crippen LogP contribution in [-0.4, -0.2) is 12.1 Å². The molecular formula is C16H11BrFNOS. The Labute approximate surface area is 134 Å². The van der Waals surface area contributed by atoms with Crippen molar-refractivity contribution in [2.75, 3.05) is 7.11 Å². The Morgan fingerprint density at radius 2 is 2.00 bits per heavy atom. The fourth-order valence-corrected chi connectivity index (χ4v) is 3.30. The molecule has 0 spiro atoms. The summed E-state index contributed by atoms with van der Waals surface area (Å²) in [5.74, 6) is -0.144. The van der Waals surface area contributed by atoms with E-state index in [0.717, 1.165) is 26.3 Å². The first-order chi connectivity index (χ1) is 10.2. The lowest BCUT2D eigenvalue weighted by molar-refractivity contribution is 0.387. The Morgan fingerprint density at radius 3 is 2.76 bits per heavy atom. The van der Waals surface area contributed by atoms with Crippen molar-refractivity contribution in [3.8, 4) is 27.6 Å². The standard InChI is InChI=1S/C16H11BrFNOS/c1-20-15-8-10(6-7-13(15)18)16-19-14(9-21-16)11-4-2-3-5-12(11)17/h2-9H,1H3. The van der Waals surface area contributed by atoms with E-state index in [2.05, 4.69) is 20.9 Å². The molecule has 0 fully saturated rings. The van der Waals surface area contributed by atoms with Crippen molar-refractivity contribution in [3.63, 3.8) is 0 Å². The number of halogens is 2. The van der Waals surface area contributed by atoms with Crippen LogP contribution in [0.25, 0.3) is 21.8 Å². The quantitative estimate of drug-likeness (QED) is 0.622. The molecule has 3 rings (SSSR count). The Morgan fingerprint density at radius 1 is 1.19 bits per heavy atom. The summed E-state index contributed by atoms with van der Waals surface area (Å²) in [4.78, 5) is 4.63. The van der Waals surface area contributed by atoms with Gasteiger partial charge in [-0.2, -0.15) is 0 Å². The third kappa shape index (κ3) is 2.84. The Kier molecular flexibility index (Phi) is 4.03. The maximum absolute atomic E-state index is 13.5. The normalized spacial score (nSPS) is 10.6. The van der Waals surface area contributed by atoms with E-state index in [9.17, 15) is 4.39 Å². The summed E-state index contributed by atoms with van der Waals surface area (Å²) in [7, 11) is 1.45. The summed E-state index contributed by atoms with van der Waals surface area (Å²) < 4.78 is 19.5. The van der Waals surface area contributed by atoms with Gasteiger partial charge in [-0.05, 0) is 24.3 Å². The highest BCUT2D eigenvalue weighted by Gasteiger charge is 2.11. The van der Waals surface area contributed by atoms with Gasteiger partial charge in [0.1, 0.15) is 5.01 Å². The average Bonchev–Trinajstić information content (AvgIpc) is 2.98. The number of nitrogens with zero attached hydrogens (tertiary/aromatic N) is 1. The highest BCUT2D eigenvalue weighted by atomic mass is 79.9. The molecule has 0 unspecified atom stereocenters. The number of benzene rings is 2. The van der Waals surface area contributed by atoms with E-state index in [0.29, 0.717) is 0 Å². The van der Waals surface area contributed by atoms with Crippen molar-refractivity contribution in [2.45, 2.75) is 0 Å². The fraction of sp³-hybridized carbons (Fsp3) is 0.0625. The zero-order valence-electron chi connectivity index (χ0n) is 11.1. The molecule has 0 atom stereocenters. The molecule has 0 N–H and O–H groups in total. The van der Waals surface area contributed by atoms with Gasteiger partial charge >= 0.3 is 0 Å². The molecule has 2 aromatic carbocycles. The molecule has 1 heterocycles. The number of thiazole rings is 1. The number of methoxy groups -OCH3 is 1. The number of aromatic nitrogens is 1. The van der Waals surface area contributed by atoms with E-state index in [1.165, 1.54) is 24.5 Å². The van der Waals surface area contributed by atoms with E-state index in [1.807, 2.05) is 29.6 Å². The molecule has 1 aromatic heterocycles. The number of hydrogen-bond acceptors (Lipinski definition) is 3. The first-order valence-electron chi connectivity index (χ1n) is 6.23. The number of hydrogen-bond donors (Lipinski definition) is 0. The van der Waals surface area contributed by atoms with Crippen molar-refractivity contribution < 1.29 is 9.13 Å². The van der Waals surface area contributed by atoms with Gasteiger partial charge in [-0.1, -0.05) is 34.1 Å². The van der Waals surface area contributed by atoms with E-state index in [1.54, 1.807) is 12.1 Å². The fourth-order valence-electron chi connectivity index (χ4n) is 1.99. The van der Waals surface area contributed by atoms with Gasteiger partial charge in [0.15, 0.2) is 11.6 Å². The average molecular weight is 364 g/mol. The van der Waals surface area contributed by atoms with E-state index in [-0.39, 0.29) is 11.6 Å². The molecule has 0 amide bonds. The first kappa shape index (κ1) is 14.2. The molecule has 3 aromatic rings. The van der Waals surface area contributed by atoms with Crippen molar-refractivity contribution in [1.82, 2.24) is 4.98 Å². The number of rotatable bonds is 3. The predicted molar refractivity (Wildman–Crippen MR) is 87.2 cm³/mol. The largest absolute Gasteiger partial charge is 0.494 e. The molecule has 0 saturated heterocycles. The van der Waals surface area contributed by atoms with Gasteiger partial charge in [-0.15, -0.1) is 11.3 Å². The molecule has 5 heteroatoms. The van der Waals surface area contributed by atoms with Crippen molar-refractivity contribution in [3.05, 3.63) is 58.1 Å². The Bertz CT molecular complexity index is 787. The van der Waals surface area contributed by atoms with Crippen LogP contribution in [0.15, 0.2) is 52.3 Å². The molecular weight excluding hydrogens is 353 g/mol. The molecule has 106 valence electrons. The minimum absolute atomic E-state index is 0.227. The van der Waals surface area contributed by atoms with E-state index < -0.39 is 0 Å². The van der Waals surface area contributed by atoms with E-state index >= 15 is 0 Å². The number of ether oxygens (including phenoxy) is 1. The second-order valence-corrected chi connectivity index (χ2v) is 6.08. The van der Waals surface area contributed by atoms with Gasteiger partial charge in [0.2, 0.25) is 0 Å². The van der Waals surface area contributed by atoms with Crippen molar-refractivity contribution in [2.24, 2.45) is 0 Å². The maximum Gasteiger partial charge on any atom is 0.165 e. The SMILES string of the molecule is COc1cc(-c2nc(-c3ccccc3Br)cs2)ccc1F. The van der Waals surface area contributed by atoms with E-state index in [4.69, 9.17) is 4.74 Å². The van der Waals surface area contributed by atoms with Crippen molar-refractivity contribution >= 4 is 27.3 Å². The van der Waals surface area contributed by atoms with Crippen LogP contribution in [-0.2, 0) is 0 Å². The first-order valence-corrected chi connectivity index (χ1v) is 7.90. The zero-order chi connectivity index (χ0) is 14.8. The minimum Gasteiger partial charge on any atom is -0.494 e. The second-order valence-electron chi connectivity index (χ2n) is 4.37. The van der Waals surface area contributed by atoms with Crippen LogP contribution >= 0.6 is 27.3 Å². The van der Waals surface area contributed by atoms with Gasteiger partial charge in [-0.3, -0.25) is 0 Å². The summed E-state index contributed by atoms with van der Waals surface area (Å²) in [6.07, 6.45) is 0.